The second kappa shape index (κ2) is 10.3. The molecule has 3 aromatic rings. The van der Waals surface area contributed by atoms with Gasteiger partial charge in [-0.2, -0.15) is 0 Å². The van der Waals surface area contributed by atoms with Crippen molar-refractivity contribution < 1.29 is 23.9 Å². The highest BCUT2D eigenvalue weighted by molar-refractivity contribution is 6.05. The van der Waals surface area contributed by atoms with Crippen molar-refractivity contribution in [2.75, 3.05) is 26.1 Å². The van der Waals surface area contributed by atoms with Crippen molar-refractivity contribution in [1.82, 2.24) is 4.90 Å². The van der Waals surface area contributed by atoms with Crippen LogP contribution < -0.4 is 19.1 Å². The van der Waals surface area contributed by atoms with Crippen LogP contribution in [0.3, 0.4) is 0 Å². The molecule has 2 fully saturated rings. The maximum Gasteiger partial charge on any atom is 0.273 e. The van der Waals surface area contributed by atoms with Crippen LogP contribution in [0, 0.1) is 10.1 Å². The van der Waals surface area contributed by atoms with E-state index in [-0.39, 0.29) is 23.1 Å². The number of amides is 1. The van der Waals surface area contributed by atoms with Gasteiger partial charge in [-0.15, -0.1) is 0 Å². The first kappa shape index (κ1) is 25.5. The predicted molar refractivity (Wildman–Crippen MR) is 143 cm³/mol. The van der Waals surface area contributed by atoms with Gasteiger partial charge >= 0.3 is 0 Å². The van der Waals surface area contributed by atoms with Crippen LogP contribution >= 0.6 is 0 Å². The second-order valence-corrected chi connectivity index (χ2v) is 9.82. The monoisotopic (exact) mass is 517 g/mol. The first-order valence-electron chi connectivity index (χ1n) is 12.7. The molecular weight excluding hydrogens is 486 g/mol. The van der Waals surface area contributed by atoms with E-state index in [4.69, 9.17) is 14.2 Å². The number of benzene rings is 3. The van der Waals surface area contributed by atoms with Crippen molar-refractivity contribution in [2.24, 2.45) is 0 Å². The number of anilines is 1. The number of hydrogen-bond acceptors (Lipinski definition) is 7. The number of ether oxygens (including phenoxy) is 3. The van der Waals surface area contributed by atoms with Gasteiger partial charge in [-0.1, -0.05) is 0 Å². The zero-order chi connectivity index (χ0) is 26.9. The number of nitro groups is 1. The Morgan fingerprint density at radius 3 is 2.39 bits per heavy atom. The van der Waals surface area contributed by atoms with Gasteiger partial charge in [0.15, 0.2) is 17.2 Å². The van der Waals surface area contributed by atoms with Gasteiger partial charge in [-0.25, -0.2) is 0 Å². The van der Waals surface area contributed by atoms with Crippen LogP contribution in [0.4, 0.5) is 11.4 Å². The molecule has 0 spiro atoms. The normalized spacial score (nSPS) is 20.6. The lowest BCUT2D eigenvalue weighted by Crippen LogP contribution is -2.51. The molecule has 0 saturated carbocycles. The number of fused-ring (bicyclic) bond motifs is 2. The Labute approximate surface area is 221 Å². The topological polar surface area (TPSA) is 94.4 Å². The molecule has 38 heavy (non-hydrogen) atoms. The molecule has 9 heteroatoms. The average Bonchev–Trinajstić information content (AvgIpc) is 3.09. The molecule has 2 saturated heterocycles. The van der Waals surface area contributed by atoms with Gasteiger partial charge in [0.1, 0.15) is 11.5 Å². The van der Waals surface area contributed by atoms with Crippen LogP contribution in [-0.2, 0) is 0 Å². The Bertz CT molecular complexity index is 1320. The molecule has 9 nitrogen and oxygen atoms in total. The first-order valence-corrected chi connectivity index (χ1v) is 12.7. The summed E-state index contributed by atoms with van der Waals surface area (Å²) in [6, 6.07) is 19.1. The van der Waals surface area contributed by atoms with Crippen molar-refractivity contribution in [3.05, 3.63) is 82.4 Å². The lowest BCUT2D eigenvalue weighted by atomic mass is 10.0. The summed E-state index contributed by atoms with van der Waals surface area (Å²) in [7, 11) is 5.30. The van der Waals surface area contributed by atoms with E-state index in [0.717, 1.165) is 18.6 Å². The van der Waals surface area contributed by atoms with Crippen LogP contribution in [0.25, 0.3) is 0 Å². The number of methoxy groups -OCH3 is 1. The Kier molecular flexibility index (Phi) is 6.94. The Morgan fingerprint density at radius 1 is 1.00 bits per heavy atom. The number of rotatable bonds is 8. The maximum absolute atomic E-state index is 13.1. The fourth-order valence-electron chi connectivity index (χ4n) is 5.44. The Balaban J connectivity index is 1.24. The highest BCUT2D eigenvalue weighted by atomic mass is 16.6. The van der Waals surface area contributed by atoms with E-state index in [1.165, 1.54) is 44.6 Å². The highest BCUT2D eigenvalue weighted by Gasteiger charge is 2.48. The summed E-state index contributed by atoms with van der Waals surface area (Å²) in [6.45, 7) is 0. The van der Waals surface area contributed by atoms with Gasteiger partial charge < -0.3 is 19.1 Å². The molecule has 2 heterocycles. The lowest BCUT2D eigenvalue weighted by Gasteiger charge is -2.42. The molecule has 2 atom stereocenters. The quantitative estimate of drug-likeness (QED) is 0.266. The molecule has 2 aliphatic rings. The number of nitrogens with zero attached hydrogens (tertiary/aromatic N) is 3. The zero-order valence-electron chi connectivity index (χ0n) is 21.8. The molecule has 5 rings (SSSR count). The first-order chi connectivity index (χ1) is 18.3. The van der Waals surface area contributed by atoms with E-state index < -0.39 is 4.92 Å². The summed E-state index contributed by atoms with van der Waals surface area (Å²) in [6.07, 6.45) is 5.65. The third kappa shape index (κ3) is 4.89. The van der Waals surface area contributed by atoms with E-state index in [1.807, 2.05) is 12.1 Å². The molecular formula is C29H31N3O6. The standard InChI is InChI=1S/C29H31N3O6/c1-30(21-8-13-24(14-9-21)37-26-15-10-23(32(34)35)19-27(26)36-3)28(33)20-6-11-25(12-7-20)38-29-17-4-5-22(16-18-29)31(29)2/h6-15,19,22H,4-5,16-18H2,1-3H3. The number of hydrogen-bond donors (Lipinski definition) is 0. The minimum absolute atomic E-state index is 0.0857. The molecule has 0 aliphatic carbocycles. The summed E-state index contributed by atoms with van der Waals surface area (Å²) in [4.78, 5) is 27.6. The predicted octanol–water partition coefficient (Wildman–Crippen LogP) is 6.03. The minimum atomic E-state index is -0.493. The fraction of sp³-hybridized carbons (Fsp3) is 0.345. The minimum Gasteiger partial charge on any atom is -0.493 e. The molecule has 1 amide bonds. The van der Waals surface area contributed by atoms with Crippen molar-refractivity contribution in [1.29, 1.82) is 0 Å². The Hall–Kier alpha value is -4.11. The van der Waals surface area contributed by atoms with Crippen LogP contribution in [-0.4, -0.2) is 48.7 Å². The van der Waals surface area contributed by atoms with E-state index in [1.54, 1.807) is 48.3 Å². The van der Waals surface area contributed by atoms with Gasteiger partial charge in [0, 0.05) is 43.2 Å². The second-order valence-electron chi connectivity index (χ2n) is 9.82. The average molecular weight is 518 g/mol. The van der Waals surface area contributed by atoms with Gasteiger partial charge in [0.05, 0.1) is 18.1 Å². The van der Waals surface area contributed by atoms with Crippen molar-refractivity contribution >= 4 is 17.3 Å². The molecule has 0 radical (unpaired) electrons. The SMILES string of the molecule is COc1cc([N+](=O)[O-])ccc1Oc1ccc(N(C)C(=O)c2ccc(OC34CCCC(CC3)N4C)cc2)cc1. The number of non-ortho nitro benzene ring substituents is 1. The van der Waals surface area contributed by atoms with Crippen LogP contribution in [0.15, 0.2) is 66.7 Å². The molecule has 3 aromatic carbocycles. The summed E-state index contributed by atoms with van der Waals surface area (Å²) >= 11 is 0. The van der Waals surface area contributed by atoms with Gasteiger partial charge in [0.25, 0.3) is 11.6 Å². The molecule has 198 valence electrons. The van der Waals surface area contributed by atoms with Crippen LogP contribution in [0.2, 0.25) is 0 Å². The third-order valence-electron chi connectivity index (χ3n) is 7.69. The highest BCUT2D eigenvalue weighted by Crippen LogP contribution is 2.44. The largest absolute Gasteiger partial charge is 0.493 e. The smallest absolute Gasteiger partial charge is 0.273 e. The maximum atomic E-state index is 13.1. The van der Waals surface area contributed by atoms with E-state index >= 15 is 0 Å². The molecule has 2 bridgehead atoms. The number of carbonyl (C=O) groups is 1. The number of carbonyl (C=O) groups excluding carboxylic acids is 1. The van der Waals surface area contributed by atoms with Gasteiger partial charge in [0.2, 0.25) is 0 Å². The van der Waals surface area contributed by atoms with Gasteiger partial charge in [-0.3, -0.25) is 19.8 Å². The van der Waals surface area contributed by atoms with Crippen LogP contribution in [0.1, 0.15) is 42.5 Å². The molecule has 0 aromatic heterocycles. The third-order valence-corrected chi connectivity index (χ3v) is 7.69. The number of nitro benzene ring substituents is 1. The Morgan fingerprint density at radius 2 is 1.71 bits per heavy atom. The lowest BCUT2D eigenvalue weighted by molar-refractivity contribution is -0.384. The summed E-state index contributed by atoms with van der Waals surface area (Å²) < 4.78 is 17.5. The molecule has 2 aliphatic heterocycles. The van der Waals surface area contributed by atoms with Crippen LogP contribution in [0.5, 0.6) is 23.0 Å². The van der Waals surface area contributed by atoms with Crippen molar-refractivity contribution in [3.8, 4) is 23.0 Å². The van der Waals surface area contributed by atoms with Gasteiger partial charge in [-0.05, 0) is 80.9 Å². The van der Waals surface area contributed by atoms with E-state index in [0.29, 0.717) is 28.8 Å². The molecule has 2 unspecified atom stereocenters. The summed E-state index contributed by atoms with van der Waals surface area (Å²) in [5.74, 6) is 1.75. The van der Waals surface area contributed by atoms with Crippen molar-refractivity contribution in [3.63, 3.8) is 0 Å². The fourth-order valence-corrected chi connectivity index (χ4v) is 5.44. The van der Waals surface area contributed by atoms with E-state index in [2.05, 4.69) is 11.9 Å². The van der Waals surface area contributed by atoms with E-state index in [9.17, 15) is 14.9 Å². The summed E-state index contributed by atoms with van der Waals surface area (Å²) in [5, 5.41) is 11.0. The molecule has 0 N–H and O–H groups in total. The number of piperidine rings is 1. The summed E-state index contributed by atoms with van der Waals surface area (Å²) in [5.41, 5.74) is 0.943. The van der Waals surface area contributed by atoms with Crippen molar-refractivity contribution in [2.45, 2.75) is 43.9 Å². The zero-order valence-corrected chi connectivity index (χ0v) is 21.8.